The maximum Gasteiger partial charge on any atom is 0.485 e. The second kappa shape index (κ2) is 6.06. The number of thiazole rings is 1. The highest BCUT2D eigenvalue weighted by Gasteiger charge is 2.36. The Hall–Kier alpha value is -1.19. The molecule has 0 spiro atoms. The minimum atomic E-state index is -6.09. The predicted octanol–water partition coefficient (Wildman–Crippen LogP) is 2.82. The van der Waals surface area contributed by atoms with Crippen molar-refractivity contribution in [3.05, 3.63) is 29.8 Å². The molecule has 1 aromatic carbocycles. The normalized spacial score (nSPS) is 12.3. The summed E-state index contributed by atoms with van der Waals surface area (Å²) >= 11 is 1.81. The fourth-order valence-corrected chi connectivity index (χ4v) is 2.38. The van der Waals surface area contributed by atoms with Gasteiger partial charge < -0.3 is 4.55 Å². The first-order chi connectivity index (χ1) is 9.04. The zero-order chi connectivity index (χ0) is 15.6. The third kappa shape index (κ3) is 4.15. The second-order valence-electron chi connectivity index (χ2n) is 4.09. The van der Waals surface area contributed by atoms with Gasteiger partial charge in [-0.05, 0) is 19.9 Å². The van der Waals surface area contributed by atoms with Crippen molar-refractivity contribution in [3.63, 3.8) is 0 Å². The Morgan fingerprint density at radius 2 is 1.75 bits per heavy atom. The molecule has 0 saturated carbocycles. The van der Waals surface area contributed by atoms with Crippen LogP contribution >= 0.6 is 11.3 Å². The number of fused-ring (bicyclic) bond motifs is 1. The quantitative estimate of drug-likeness (QED) is 0.460. The number of alkyl halides is 3. The number of nitrogens with zero attached hydrogens (tertiary/aromatic N) is 1. The molecule has 112 valence electrons. The molecule has 1 aromatic heterocycles. The molecule has 0 atom stereocenters. The smallest absolute Gasteiger partial charge is 0.485 e. The molecule has 0 saturated heterocycles. The third-order valence-corrected chi connectivity index (χ3v) is 3.78. The van der Waals surface area contributed by atoms with Gasteiger partial charge in [0.25, 0.3) is 0 Å². The second-order valence-corrected chi connectivity index (χ2v) is 6.35. The van der Waals surface area contributed by atoms with Gasteiger partial charge in [-0.1, -0.05) is 23.5 Å². The van der Waals surface area contributed by atoms with Gasteiger partial charge >= 0.3 is 5.51 Å². The molecule has 0 radical (unpaired) electrons. The van der Waals surface area contributed by atoms with Gasteiger partial charge in [0.05, 0.1) is 0 Å². The van der Waals surface area contributed by atoms with Gasteiger partial charge in [-0.2, -0.15) is 17.7 Å². The summed E-state index contributed by atoms with van der Waals surface area (Å²) in [7, 11) is -6.09. The lowest BCUT2D eigenvalue weighted by atomic mass is 10.3. The van der Waals surface area contributed by atoms with E-state index in [1.165, 1.54) is 10.2 Å². The number of hydrogen-bond donors (Lipinski definition) is 0. The van der Waals surface area contributed by atoms with Crippen LogP contribution < -0.4 is 4.57 Å². The van der Waals surface area contributed by atoms with Gasteiger partial charge in [-0.3, -0.25) is 0 Å². The van der Waals surface area contributed by atoms with Gasteiger partial charge in [-0.15, -0.1) is 0 Å². The summed E-state index contributed by atoms with van der Waals surface area (Å²) in [4.78, 5) is 0. The summed E-state index contributed by atoms with van der Waals surface area (Å²) in [5.74, 6) is 0. The van der Waals surface area contributed by atoms with E-state index in [0.29, 0.717) is 6.04 Å². The van der Waals surface area contributed by atoms with Crippen LogP contribution in [0.3, 0.4) is 0 Å². The number of para-hydroxylation sites is 1. The van der Waals surface area contributed by atoms with E-state index in [9.17, 15) is 13.2 Å². The maximum absolute atomic E-state index is 10.7. The van der Waals surface area contributed by atoms with Crippen molar-refractivity contribution in [1.82, 2.24) is 0 Å². The molecule has 0 N–H and O–H groups in total. The topological polar surface area (TPSA) is 61.1 Å². The Kier molecular flexibility index (Phi) is 5.11. The Bertz CT molecular complexity index is 678. The van der Waals surface area contributed by atoms with Crippen LogP contribution in [0.4, 0.5) is 13.2 Å². The summed E-state index contributed by atoms with van der Waals surface area (Å²) < 4.78 is 62.6. The lowest BCUT2D eigenvalue weighted by molar-refractivity contribution is -0.687. The van der Waals surface area contributed by atoms with Gasteiger partial charge in [0, 0.05) is 6.07 Å². The molecule has 20 heavy (non-hydrogen) atoms. The molecule has 1 heterocycles. The summed E-state index contributed by atoms with van der Waals surface area (Å²) in [6.45, 7) is 4.42. The summed E-state index contributed by atoms with van der Waals surface area (Å²) in [5, 5.41) is 0. The van der Waals surface area contributed by atoms with E-state index < -0.39 is 15.6 Å². The first-order valence-electron chi connectivity index (χ1n) is 5.43. The summed E-state index contributed by atoms with van der Waals surface area (Å²) in [6.07, 6.45) is 0. The third-order valence-electron chi connectivity index (χ3n) is 2.28. The molecule has 0 fully saturated rings. The van der Waals surface area contributed by atoms with E-state index in [1.807, 2.05) is 0 Å². The Morgan fingerprint density at radius 3 is 2.20 bits per heavy atom. The van der Waals surface area contributed by atoms with Gasteiger partial charge in [-0.25, -0.2) is 8.42 Å². The largest absolute Gasteiger partial charge is 0.741 e. The highest BCUT2D eigenvalue weighted by molar-refractivity contribution is 7.86. The molecule has 2 aromatic rings. The summed E-state index contributed by atoms with van der Waals surface area (Å²) in [5.41, 5.74) is -2.11. The Labute approximate surface area is 118 Å². The van der Waals surface area contributed by atoms with Gasteiger partial charge in [0.2, 0.25) is 11.0 Å². The molecular formula is C11H12F3NO3S2. The fraction of sp³-hybridized carbons (Fsp3) is 0.364. The summed E-state index contributed by atoms with van der Waals surface area (Å²) in [6, 6.07) is 9.07. The van der Waals surface area contributed by atoms with Crippen molar-refractivity contribution in [1.29, 1.82) is 0 Å². The van der Waals surface area contributed by atoms with Crippen LogP contribution in [0.5, 0.6) is 0 Å². The molecule has 0 unspecified atom stereocenters. The number of benzene rings is 1. The average Bonchev–Trinajstić information content (AvgIpc) is 2.70. The highest BCUT2D eigenvalue weighted by Crippen LogP contribution is 2.20. The van der Waals surface area contributed by atoms with Crippen LogP contribution in [0.1, 0.15) is 19.9 Å². The standard InChI is InChI=1S/C10H12NS.CHF3O3S/c1-8(2)11-7-12-10-6-4-3-5-9(10)11;2-1(3,4)8(5,6)7/h3-8H,1-2H3;(H,5,6,7)/q+1;/p-1. The lowest BCUT2D eigenvalue weighted by Crippen LogP contribution is -2.33. The first-order valence-corrected chi connectivity index (χ1v) is 7.72. The molecule has 0 bridgehead atoms. The zero-order valence-corrected chi connectivity index (χ0v) is 12.2. The molecule has 4 nitrogen and oxygen atoms in total. The fourth-order valence-electron chi connectivity index (χ4n) is 1.34. The maximum atomic E-state index is 10.7. The van der Waals surface area contributed by atoms with Crippen LogP contribution in [-0.4, -0.2) is 18.5 Å². The predicted molar refractivity (Wildman–Crippen MR) is 68.2 cm³/mol. The average molecular weight is 327 g/mol. The molecule has 0 amide bonds. The van der Waals surface area contributed by atoms with Gasteiger partial charge in [0.1, 0.15) is 4.70 Å². The van der Waals surface area contributed by atoms with E-state index in [4.69, 9.17) is 13.0 Å². The number of rotatable bonds is 1. The van der Waals surface area contributed by atoms with Crippen molar-refractivity contribution in [2.45, 2.75) is 25.4 Å². The Morgan fingerprint density at radius 1 is 1.25 bits per heavy atom. The SMILES string of the molecule is CC(C)[n+]1csc2ccccc21.O=S(=O)([O-])C(F)(F)F. The minimum absolute atomic E-state index is 0.557. The van der Waals surface area contributed by atoms with E-state index >= 15 is 0 Å². The molecule has 9 heteroatoms. The Balaban J connectivity index is 0.000000221. The minimum Gasteiger partial charge on any atom is -0.741 e. The van der Waals surface area contributed by atoms with E-state index in [1.54, 1.807) is 11.3 Å². The van der Waals surface area contributed by atoms with Crippen molar-refractivity contribution in [3.8, 4) is 0 Å². The van der Waals surface area contributed by atoms with Crippen molar-refractivity contribution < 1.29 is 30.7 Å². The molecule has 0 aliphatic carbocycles. The number of aromatic nitrogens is 1. The molecular weight excluding hydrogens is 315 g/mol. The van der Waals surface area contributed by atoms with Crippen molar-refractivity contribution in [2.24, 2.45) is 0 Å². The van der Waals surface area contributed by atoms with E-state index in [-0.39, 0.29) is 0 Å². The van der Waals surface area contributed by atoms with Crippen LogP contribution in [0.25, 0.3) is 10.2 Å². The first kappa shape index (κ1) is 16.9. The van der Waals surface area contributed by atoms with E-state index in [2.05, 4.69) is 48.2 Å². The van der Waals surface area contributed by atoms with Crippen molar-refractivity contribution >= 4 is 31.7 Å². The monoisotopic (exact) mass is 327 g/mol. The highest BCUT2D eigenvalue weighted by atomic mass is 32.2. The number of hydrogen-bond acceptors (Lipinski definition) is 4. The van der Waals surface area contributed by atoms with Crippen molar-refractivity contribution in [2.75, 3.05) is 0 Å². The van der Waals surface area contributed by atoms with Gasteiger partial charge in [0.15, 0.2) is 16.2 Å². The molecule has 0 aliphatic rings. The zero-order valence-electron chi connectivity index (χ0n) is 10.6. The molecule has 0 aliphatic heterocycles. The van der Waals surface area contributed by atoms with Crippen LogP contribution in [-0.2, 0) is 10.1 Å². The molecule has 2 rings (SSSR count). The van der Waals surface area contributed by atoms with E-state index in [0.717, 1.165) is 0 Å². The van der Waals surface area contributed by atoms with Crippen LogP contribution in [0.2, 0.25) is 0 Å². The number of halogens is 3. The lowest BCUT2D eigenvalue weighted by Gasteiger charge is -2.08. The van der Waals surface area contributed by atoms with Crippen LogP contribution in [0.15, 0.2) is 29.8 Å². The van der Waals surface area contributed by atoms with Crippen LogP contribution in [0, 0.1) is 0 Å².